The predicted molar refractivity (Wildman–Crippen MR) is 116 cm³/mol. The molecule has 31 heavy (non-hydrogen) atoms. The Balaban J connectivity index is 1.94. The third-order valence-electron chi connectivity index (χ3n) is 5.49. The molecule has 0 spiro atoms. The van der Waals surface area contributed by atoms with Gasteiger partial charge in [0.1, 0.15) is 16.4 Å². The van der Waals surface area contributed by atoms with Crippen molar-refractivity contribution >= 4 is 15.9 Å². The first-order valence-electron chi connectivity index (χ1n) is 9.97. The number of hydrogen-bond acceptors (Lipinski definition) is 6. The van der Waals surface area contributed by atoms with Crippen molar-refractivity contribution < 1.29 is 27.4 Å². The number of benzene rings is 2. The number of amides is 1. The van der Waals surface area contributed by atoms with Crippen LogP contribution in [-0.2, 0) is 14.8 Å². The molecule has 0 N–H and O–H groups in total. The second-order valence-electron chi connectivity index (χ2n) is 7.22. The Morgan fingerprint density at radius 2 is 1.71 bits per heavy atom. The summed E-state index contributed by atoms with van der Waals surface area (Å²) in [4.78, 5) is 14.8. The fraction of sp³-hybridized carbons (Fsp3) is 0.409. The van der Waals surface area contributed by atoms with E-state index < -0.39 is 10.0 Å². The summed E-state index contributed by atoms with van der Waals surface area (Å²) in [5.41, 5.74) is 1.12. The van der Waals surface area contributed by atoms with E-state index in [-0.39, 0.29) is 41.2 Å². The standard InChI is InChI=1S/C22H28N2O6S/c1-16(18-7-5-6-8-19(18)28-3)23(2)22(25)17-9-10-20(29-4)21(15-17)31(26,27)24-11-13-30-14-12-24/h5-10,15-16H,11-14H2,1-4H3. The Hall–Kier alpha value is -2.62. The average molecular weight is 449 g/mol. The van der Waals surface area contributed by atoms with Crippen LogP contribution in [-0.4, -0.2) is 71.1 Å². The molecule has 0 saturated carbocycles. The van der Waals surface area contributed by atoms with Crippen LogP contribution in [0.4, 0.5) is 0 Å². The fourth-order valence-corrected chi connectivity index (χ4v) is 5.13. The number of ether oxygens (including phenoxy) is 3. The molecule has 0 aromatic heterocycles. The number of methoxy groups -OCH3 is 2. The zero-order valence-corrected chi connectivity index (χ0v) is 19.0. The Bertz CT molecular complexity index is 1030. The molecule has 1 saturated heterocycles. The Kier molecular flexibility index (Phi) is 7.19. The van der Waals surface area contributed by atoms with Crippen molar-refractivity contribution in [3.63, 3.8) is 0 Å². The molecule has 1 amide bonds. The number of hydrogen-bond donors (Lipinski definition) is 0. The van der Waals surface area contributed by atoms with Crippen molar-refractivity contribution in [1.29, 1.82) is 0 Å². The number of nitrogens with zero attached hydrogens (tertiary/aromatic N) is 2. The summed E-state index contributed by atoms with van der Waals surface area (Å²) in [7, 11) is 0.839. The molecular weight excluding hydrogens is 420 g/mol. The number of para-hydroxylation sites is 1. The largest absolute Gasteiger partial charge is 0.496 e. The molecule has 2 aromatic carbocycles. The van der Waals surface area contributed by atoms with Crippen LogP contribution in [0.2, 0.25) is 0 Å². The van der Waals surface area contributed by atoms with Gasteiger partial charge in [0, 0.05) is 31.3 Å². The fourth-order valence-electron chi connectivity index (χ4n) is 3.54. The van der Waals surface area contributed by atoms with Crippen molar-refractivity contribution in [1.82, 2.24) is 9.21 Å². The van der Waals surface area contributed by atoms with Crippen molar-refractivity contribution in [2.24, 2.45) is 0 Å². The summed E-state index contributed by atoms with van der Waals surface area (Å²) >= 11 is 0. The van der Waals surface area contributed by atoms with E-state index >= 15 is 0 Å². The van der Waals surface area contributed by atoms with Crippen molar-refractivity contribution in [2.45, 2.75) is 17.9 Å². The molecule has 168 valence electrons. The van der Waals surface area contributed by atoms with Crippen molar-refractivity contribution in [2.75, 3.05) is 47.6 Å². The van der Waals surface area contributed by atoms with E-state index in [2.05, 4.69) is 0 Å². The molecule has 0 bridgehead atoms. The summed E-state index contributed by atoms with van der Waals surface area (Å²) < 4.78 is 43.7. The summed E-state index contributed by atoms with van der Waals surface area (Å²) in [6.07, 6.45) is 0. The maximum Gasteiger partial charge on any atom is 0.254 e. The molecule has 0 aliphatic carbocycles. The van der Waals surface area contributed by atoms with Gasteiger partial charge < -0.3 is 19.1 Å². The van der Waals surface area contributed by atoms with Crippen LogP contribution in [0, 0.1) is 0 Å². The van der Waals surface area contributed by atoms with Gasteiger partial charge in [-0.05, 0) is 31.2 Å². The number of carbonyl (C=O) groups is 1. The lowest BCUT2D eigenvalue weighted by molar-refractivity contribution is 0.0728. The Morgan fingerprint density at radius 3 is 2.35 bits per heavy atom. The quantitative estimate of drug-likeness (QED) is 0.647. The minimum absolute atomic E-state index is 0.0268. The van der Waals surface area contributed by atoms with Gasteiger partial charge in [-0.25, -0.2) is 8.42 Å². The van der Waals surface area contributed by atoms with Gasteiger partial charge >= 0.3 is 0 Å². The average Bonchev–Trinajstić information content (AvgIpc) is 2.82. The first kappa shape index (κ1) is 23.1. The molecule has 1 aliphatic rings. The van der Waals surface area contributed by atoms with E-state index in [1.165, 1.54) is 23.5 Å². The lowest BCUT2D eigenvalue weighted by Gasteiger charge is -2.28. The lowest BCUT2D eigenvalue weighted by atomic mass is 10.0. The molecule has 0 radical (unpaired) electrons. The summed E-state index contributed by atoms with van der Waals surface area (Å²) in [6, 6.07) is 11.7. The van der Waals surface area contributed by atoms with Gasteiger partial charge in [0.05, 0.1) is 33.5 Å². The molecule has 9 heteroatoms. The van der Waals surface area contributed by atoms with E-state index in [1.54, 1.807) is 25.1 Å². The van der Waals surface area contributed by atoms with Crippen LogP contribution in [0.25, 0.3) is 0 Å². The molecule has 2 aromatic rings. The molecule has 1 atom stereocenters. The monoisotopic (exact) mass is 448 g/mol. The number of rotatable bonds is 7. The van der Waals surface area contributed by atoms with Gasteiger partial charge in [-0.15, -0.1) is 0 Å². The predicted octanol–water partition coefficient (Wildman–Crippen LogP) is 2.56. The number of sulfonamides is 1. The molecular formula is C22H28N2O6S. The van der Waals surface area contributed by atoms with Crippen LogP contribution in [0.15, 0.2) is 47.4 Å². The zero-order chi connectivity index (χ0) is 22.6. The third kappa shape index (κ3) is 4.68. The Labute approximate surface area is 183 Å². The normalized spacial score (nSPS) is 15.9. The van der Waals surface area contributed by atoms with Crippen LogP contribution in [0.5, 0.6) is 11.5 Å². The Morgan fingerprint density at radius 1 is 1.06 bits per heavy atom. The first-order valence-corrected chi connectivity index (χ1v) is 11.4. The highest BCUT2D eigenvalue weighted by Gasteiger charge is 2.31. The second kappa shape index (κ2) is 9.67. The highest BCUT2D eigenvalue weighted by Crippen LogP contribution is 2.32. The first-order chi connectivity index (χ1) is 14.8. The summed E-state index contributed by atoms with van der Waals surface area (Å²) in [5, 5.41) is 0. The summed E-state index contributed by atoms with van der Waals surface area (Å²) in [5.74, 6) is 0.572. The minimum atomic E-state index is -3.83. The highest BCUT2D eigenvalue weighted by molar-refractivity contribution is 7.89. The molecule has 8 nitrogen and oxygen atoms in total. The number of morpholine rings is 1. The summed E-state index contributed by atoms with van der Waals surface area (Å²) in [6.45, 7) is 3.08. The van der Waals surface area contributed by atoms with Gasteiger partial charge in [-0.2, -0.15) is 4.31 Å². The van der Waals surface area contributed by atoms with Crippen LogP contribution in [0.1, 0.15) is 28.9 Å². The lowest BCUT2D eigenvalue weighted by Crippen LogP contribution is -2.40. The molecule has 1 unspecified atom stereocenters. The van der Waals surface area contributed by atoms with Gasteiger partial charge in [-0.1, -0.05) is 18.2 Å². The molecule has 1 heterocycles. The SMILES string of the molecule is COc1ccccc1C(C)N(C)C(=O)c1ccc(OC)c(S(=O)(=O)N2CCOCC2)c1. The van der Waals surface area contributed by atoms with Gasteiger partial charge in [0.25, 0.3) is 5.91 Å². The van der Waals surface area contributed by atoms with Gasteiger partial charge in [-0.3, -0.25) is 4.79 Å². The van der Waals surface area contributed by atoms with Crippen molar-refractivity contribution in [3.8, 4) is 11.5 Å². The van der Waals surface area contributed by atoms with E-state index in [1.807, 2.05) is 31.2 Å². The van der Waals surface area contributed by atoms with Crippen LogP contribution >= 0.6 is 0 Å². The molecule has 1 fully saturated rings. The maximum absolute atomic E-state index is 13.2. The van der Waals surface area contributed by atoms with Gasteiger partial charge in [0.15, 0.2) is 0 Å². The smallest absolute Gasteiger partial charge is 0.254 e. The van der Waals surface area contributed by atoms with Gasteiger partial charge in [0.2, 0.25) is 10.0 Å². The molecule has 1 aliphatic heterocycles. The van der Waals surface area contributed by atoms with E-state index in [0.29, 0.717) is 19.0 Å². The third-order valence-corrected chi connectivity index (χ3v) is 7.41. The van der Waals surface area contributed by atoms with E-state index in [4.69, 9.17) is 14.2 Å². The topological polar surface area (TPSA) is 85.4 Å². The minimum Gasteiger partial charge on any atom is -0.496 e. The van der Waals surface area contributed by atoms with E-state index in [9.17, 15) is 13.2 Å². The van der Waals surface area contributed by atoms with Crippen LogP contribution in [0.3, 0.4) is 0 Å². The highest BCUT2D eigenvalue weighted by atomic mass is 32.2. The zero-order valence-electron chi connectivity index (χ0n) is 18.2. The van der Waals surface area contributed by atoms with Crippen molar-refractivity contribution in [3.05, 3.63) is 53.6 Å². The maximum atomic E-state index is 13.2. The van der Waals surface area contributed by atoms with Crippen LogP contribution < -0.4 is 9.47 Å². The van der Waals surface area contributed by atoms with E-state index in [0.717, 1.165) is 5.56 Å². The number of carbonyl (C=O) groups excluding carboxylic acids is 1. The molecule has 3 rings (SSSR count). The second-order valence-corrected chi connectivity index (χ2v) is 9.12.